The van der Waals surface area contributed by atoms with Gasteiger partial charge in [-0.15, -0.1) is 0 Å². The second-order valence-corrected chi connectivity index (χ2v) is 3.46. The second kappa shape index (κ2) is 2.54. The van der Waals surface area contributed by atoms with E-state index in [4.69, 9.17) is 9.47 Å². The molecule has 0 radical (unpaired) electrons. The summed E-state index contributed by atoms with van der Waals surface area (Å²) in [5, 5.41) is 0. The zero-order chi connectivity index (χ0) is 8.72. The first-order valence-corrected chi connectivity index (χ1v) is 4.30. The Kier molecular flexibility index (Phi) is 1.63. The molecule has 0 amide bonds. The van der Waals surface area contributed by atoms with Gasteiger partial charge in [-0.3, -0.25) is 0 Å². The quantitative estimate of drug-likeness (QED) is 0.624. The molecule has 0 aliphatic heterocycles. The number of hydrogen-bond donors (Lipinski definition) is 0. The largest absolute Gasteiger partial charge is 0.497 e. The average molecular weight is 166 g/mol. The Hall–Kier alpha value is -0.920. The number of allylic oxidation sites excluding steroid dienone is 3. The number of hydrogen-bond acceptors (Lipinski definition) is 2. The van der Waals surface area contributed by atoms with Gasteiger partial charge < -0.3 is 9.47 Å². The van der Waals surface area contributed by atoms with Crippen molar-refractivity contribution in [2.24, 2.45) is 17.8 Å². The van der Waals surface area contributed by atoms with E-state index in [1.807, 2.05) is 6.08 Å². The standard InChI is InChI=1S/C10H14O2/c1-6-7-4-5-8(11-2)10(12-3)9(6)7/h4-7,9H,1-3H3. The van der Waals surface area contributed by atoms with Gasteiger partial charge in [-0.25, -0.2) is 0 Å². The van der Waals surface area contributed by atoms with E-state index in [0.29, 0.717) is 11.8 Å². The Morgan fingerprint density at radius 2 is 2.00 bits per heavy atom. The molecule has 2 aliphatic rings. The van der Waals surface area contributed by atoms with Crippen LogP contribution in [0.25, 0.3) is 0 Å². The van der Waals surface area contributed by atoms with Crippen molar-refractivity contribution in [3.63, 3.8) is 0 Å². The van der Waals surface area contributed by atoms with Gasteiger partial charge in [0.05, 0.1) is 14.2 Å². The van der Waals surface area contributed by atoms with Crippen LogP contribution in [0.2, 0.25) is 0 Å². The zero-order valence-electron chi connectivity index (χ0n) is 7.70. The van der Waals surface area contributed by atoms with Gasteiger partial charge in [0, 0.05) is 5.92 Å². The van der Waals surface area contributed by atoms with Crippen molar-refractivity contribution in [2.45, 2.75) is 6.92 Å². The molecule has 0 spiro atoms. The van der Waals surface area contributed by atoms with Crippen molar-refractivity contribution >= 4 is 0 Å². The first-order valence-electron chi connectivity index (χ1n) is 4.30. The minimum Gasteiger partial charge on any atom is -0.497 e. The molecule has 2 nitrogen and oxygen atoms in total. The molecule has 0 aromatic rings. The minimum absolute atomic E-state index is 0.579. The van der Waals surface area contributed by atoms with E-state index in [2.05, 4.69) is 13.0 Å². The van der Waals surface area contributed by atoms with Crippen molar-refractivity contribution in [1.82, 2.24) is 0 Å². The van der Waals surface area contributed by atoms with Crippen LogP contribution in [0.5, 0.6) is 0 Å². The maximum atomic E-state index is 5.32. The molecule has 0 N–H and O–H groups in total. The Balaban J connectivity index is 2.28. The van der Waals surface area contributed by atoms with Crippen LogP contribution >= 0.6 is 0 Å². The molecule has 0 heterocycles. The van der Waals surface area contributed by atoms with Crippen molar-refractivity contribution < 1.29 is 9.47 Å². The van der Waals surface area contributed by atoms with Crippen LogP contribution in [-0.2, 0) is 9.47 Å². The van der Waals surface area contributed by atoms with Crippen molar-refractivity contribution in [3.8, 4) is 0 Å². The summed E-state index contributed by atoms with van der Waals surface area (Å²) in [6.45, 7) is 2.25. The highest BCUT2D eigenvalue weighted by molar-refractivity contribution is 5.33. The summed E-state index contributed by atoms with van der Waals surface area (Å²) >= 11 is 0. The molecular formula is C10H14O2. The lowest BCUT2D eigenvalue weighted by atomic mass is 10.1. The van der Waals surface area contributed by atoms with Crippen molar-refractivity contribution in [1.29, 1.82) is 0 Å². The summed E-state index contributed by atoms with van der Waals surface area (Å²) in [7, 11) is 3.40. The molecule has 0 bridgehead atoms. The van der Waals surface area contributed by atoms with E-state index in [9.17, 15) is 0 Å². The van der Waals surface area contributed by atoms with Crippen LogP contribution in [-0.4, -0.2) is 14.2 Å². The number of rotatable bonds is 2. The molecule has 12 heavy (non-hydrogen) atoms. The van der Waals surface area contributed by atoms with E-state index >= 15 is 0 Å². The third-order valence-corrected chi connectivity index (χ3v) is 2.90. The summed E-state index contributed by atoms with van der Waals surface area (Å²) in [4.78, 5) is 0. The molecule has 1 saturated carbocycles. The van der Waals surface area contributed by atoms with Crippen LogP contribution in [0.4, 0.5) is 0 Å². The van der Waals surface area contributed by atoms with Gasteiger partial charge in [0.2, 0.25) is 0 Å². The van der Waals surface area contributed by atoms with E-state index in [0.717, 1.165) is 17.4 Å². The Bertz CT molecular complexity index is 253. The number of fused-ring (bicyclic) bond motifs is 1. The summed E-state index contributed by atoms with van der Waals surface area (Å²) in [6, 6.07) is 0. The topological polar surface area (TPSA) is 18.5 Å². The lowest BCUT2D eigenvalue weighted by molar-refractivity contribution is 0.210. The fourth-order valence-corrected chi connectivity index (χ4v) is 2.05. The predicted molar refractivity (Wildman–Crippen MR) is 46.3 cm³/mol. The van der Waals surface area contributed by atoms with Gasteiger partial charge in [0.1, 0.15) is 5.76 Å². The molecule has 2 aliphatic carbocycles. The smallest absolute Gasteiger partial charge is 0.156 e. The van der Waals surface area contributed by atoms with Gasteiger partial charge in [0.25, 0.3) is 0 Å². The molecule has 0 aromatic carbocycles. The van der Waals surface area contributed by atoms with Gasteiger partial charge in [0.15, 0.2) is 5.76 Å². The maximum Gasteiger partial charge on any atom is 0.156 e. The van der Waals surface area contributed by atoms with Gasteiger partial charge in [-0.05, 0) is 17.9 Å². The summed E-state index contributed by atoms with van der Waals surface area (Å²) in [6.07, 6.45) is 4.24. The van der Waals surface area contributed by atoms with E-state index in [-0.39, 0.29) is 0 Å². The lowest BCUT2D eigenvalue weighted by Gasteiger charge is -2.12. The normalized spacial score (nSPS) is 37.8. The molecule has 2 rings (SSSR count). The summed E-state index contributed by atoms with van der Waals surface area (Å²) in [5.41, 5.74) is 0. The highest BCUT2D eigenvalue weighted by Crippen LogP contribution is 2.54. The highest BCUT2D eigenvalue weighted by atomic mass is 16.5. The zero-order valence-corrected chi connectivity index (χ0v) is 7.70. The average Bonchev–Trinajstić information content (AvgIpc) is 2.76. The van der Waals surface area contributed by atoms with Gasteiger partial charge in [-0.1, -0.05) is 13.0 Å². The third kappa shape index (κ3) is 0.872. The van der Waals surface area contributed by atoms with Crippen molar-refractivity contribution in [2.75, 3.05) is 14.2 Å². The highest BCUT2D eigenvalue weighted by Gasteiger charge is 2.51. The Morgan fingerprint density at radius 3 is 2.58 bits per heavy atom. The van der Waals surface area contributed by atoms with Crippen LogP contribution in [0.3, 0.4) is 0 Å². The van der Waals surface area contributed by atoms with E-state index in [1.165, 1.54) is 0 Å². The number of methoxy groups -OCH3 is 2. The van der Waals surface area contributed by atoms with E-state index in [1.54, 1.807) is 14.2 Å². The van der Waals surface area contributed by atoms with Gasteiger partial charge in [-0.2, -0.15) is 0 Å². The third-order valence-electron chi connectivity index (χ3n) is 2.90. The maximum absolute atomic E-state index is 5.32. The first kappa shape index (κ1) is 7.71. The minimum atomic E-state index is 0.579. The molecular weight excluding hydrogens is 152 g/mol. The molecule has 3 unspecified atom stereocenters. The number of ether oxygens (including phenoxy) is 2. The predicted octanol–water partition coefficient (Wildman–Crippen LogP) is 1.94. The molecule has 0 saturated heterocycles. The molecule has 3 atom stereocenters. The van der Waals surface area contributed by atoms with Crippen LogP contribution < -0.4 is 0 Å². The fourth-order valence-electron chi connectivity index (χ4n) is 2.05. The SMILES string of the molecule is COC1=C(OC)C2C(C)C2C=C1. The summed E-state index contributed by atoms with van der Waals surface area (Å²) < 4.78 is 10.5. The van der Waals surface area contributed by atoms with Crippen LogP contribution in [0.1, 0.15) is 6.92 Å². The van der Waals surface area contributed by atoms with Crippen molar-refractivity contribution in [3.05, 3.63) is 23.7 Å². The van der Waals surface area contributed by atoms with Crippen LogP contribution in [0.15, 0.2) is 23.7 Å². The molecule has 2 heteroatoms. The Morgan fingerprint density at radius 1 is 1.25 bits per heavy atom. The monoisotopic (exact) mass is 166 g/mol. The lowest BCUT2D eigenvalue weighted by Crippen LogP contribution is -2.02. The van der Waals surface area contributed by atoms with Gasteiger partial charge >= 0.3 is 0 Å². The first-order chi connectivity index (χ1) is 5.79. The Labute approximate surface area is 72.9 Å². The fraction of sp³-hybridized carbons (Fsp3) is 0.600. The van der Waals surface area contributed by atoms with E-state index < -0.39 is 0 Å². The molecule has 1 fully saturated rings. The summed E-state index contributed by atoms with van der Waals surface area (Å²) in [5.74, 6) is 3.92. The van der Waals surface area contributed by atoms with Crippen LogP contribution in [0, 0.1) is 17.8 Å². The molecule has 66 valence electrons. The molecule has 0 aromatic heterocycles. The second-order valence-electron chi connectivity index (χ2n) is 3.46.